The van der Waals surface area contributed by atoms with Crippen LogP contribution in [0.1, 0.15) is 29.8 Å². The number of fused-ring (bicyclic) bond motifs is 1. The van der Waals surface area contributed by atoms with Crippen molar-refractivity contribution in [2.45, 2.75) is 32.2 Å². The van der Waals surface area contributed by atoms with Gasteiger partial charge in [0.2, 0.25) is 10.0 Å². The number of para-hydroxylation sites is 1. The van der Waals surface area contributed by atoms with E-state index in [0.717, 1.165) is 15.8 Å². The molecule has 0 fully saturated rings. The average molecular weight is 442 g/mol. The number of sulfonamides is 1. The van der Waals surface area contributed by atoms with Crippen molar-refractivity contribution in [1.82, 2.24) is 8.87 Å². The van der Waals surface area contributed by atoms with Gasteiger partial charge in [-0.15, -0.1) is 6.42 Å². The second-order valence-electron chi connectivity index (χ2n) is 6.63. The van der Waals surface area contributed by atoms with Crippen molar-refractivity contribution < 1.29 is 13.2 Å². The molecule has 0 saturated heterocycles. The molecule has 0 bridgehead atoms. The first-order chi connectivity index (χ1) is 14.3. The van der Waals surface area contributed by atoms with Crippen molar-refractivity contribution in [1.29, 1.82) is 0 Å². The van der Waals surface area contributed by atoms with E-state index in [9.17, 15) is 13.2 Å². The van der Waals surface area contributed by atoms with Crippen LogP contribution in [0, 0.1) is 19.3 Å². The van der Waals surface area contributed by atoms with Crippen LogP contribution in [0.5, 0.6) is 0 Å². The Morgan fingerprint density at radius 2 is 1.83 bits per heavy atom. The average Bonchev–Trinajstić information content (AvgIpc) is 3.07. The molecule has 2 aromatic carbocycles. The Kier molecular flexibility index (Phi) is 6.56. The summed E-state index contributed by atoms with van der Waals surface area (Å²) in [6, 6.07) is 11.8. The van der Waals surface area contributed by atoms with Gasteiger partial charge < -0.3 is 4.57 Å². The Morgan fingerprint density at radius 3 is 2.43 bits per heavy atom. The summed E-state index contributed by atoms with van der Waals surface area (Å²) in [7, 11) is -3.57. The number of thiazole rings is 1. The molecule has 6 nitrogen and oxygen atoms in total. The summed E-state index contributed by atoms with van der Waals surface area (Å²) < 4.78 is 29.4. The number of carbonyl (C=O) groups is 1. The number of rotatable bonds is 6. The summed E-state index contributed by atoms with van der Waals surface area (Å²) >= 11 is 1.40. The lowest BCUT2D eigenvalue weighted by Crippen LogP contribution is -2.30. The quantitative estimate of drug-likeness (QED) is 0.550. The van der Waals surface area contributed by atoms with E-state index in [1.54, 1.807) is 13.8 Å². The first-order valence-electron chi connectivity index (χ1n) is 9.55. The molecule has 0 saturated carbocycles. The van der Waals surface area contributed by atoms with Gasteiger partial charge in [-0.05, 0) is 42.8 Å². The molecule has 1 amide bonds. The Hall–Kier alpha value is -2.73. The van der Waals surface area contributed by atoms with E-state index >= 15 is 0 Å². The minimum Gasteiger partial charge on any atom is -0.304 e. The van der Waals surface area contributed by atoms with Gasteiger partial charge in [-0.3, -0.25) is 4.79 Å². The molecule has 30 heavy (non-hydrogen) atoms. The highest BCUT2D eigenvalue weighted by atomic mass is 32.2. The zero-order valence-corrected chi connectivity index (χ0v) is 18.8. The van der Waals surface area contributed by atoms with Gasteiger partial charge in [0.05, 0.1) is 21.7 Å². The molecule has 0 atom stereocenters. The van der Waals surface area contributed by atoms with E-state index in [-0.39, 0.29) is 4.90 Å². The minimum atomic E-state index is -3.57. The third-order valence-electron chi connectivity index (χ3n) is 4.79. The van der Waals surface area contributed by atoms with E-state index in [1.165, 1.54) is 39.9 Å². The number of carbonyl (C=O) groups excluding carboxylic acids is 1. The van der Waals surface area contributed by atoms with Gasteiger partial charge in [0.1, 0.15) is 0 Å². The largest absolute Gasteiger partial charge is 0.304 e. The van der Waals surface area contributed by atoms with Crippen molar-refractivity contribution in [3.63, 3.8) is 0 Å². The zero-order chi connectivity index (χ0) is 21.9. The number of hydrogen-bond donors (Lipinski definition) is 0. The highest BCUT2D eigenvalue weighted by Crippen LogP contribution is 2.21. The predicted molar refractivity (Wildman–Crippen MR) is 120 cm³/mol. The highest BCUT2D eigenvalue weighted by Gasteiger charge is 2.21. The van der Waals surface area contributed by atoms with Gasteiger partial charge in [0, 0.05) is 18.7 Å². The van der Waals surface area contributed by atoms with Crippen LogP contribution in [0.2, 0.25) is 0 Å². The normalized spacial score (nSPS) is 12.4. The molecule has 1 heterocycles. The van der Waals surface area contributed by atoms with Crippen LogP contribution in [0.15, 0.2) is 52.4 Å². The van der Waals surface area contributed by atoms with Gasteiger partial charge >= 0.3 is 0 Å². The van der Waals surface area contributed by atoms with Gasteiger partial charge in [-0.1, -0.05) is 43.2 Å². The maximum Gasteiger partial charge on any atom is 0.279 e. The Balaban J connectivity index is 2.01. The summed E-state index contributed by atoms with van der Waals surface area (Å²) in [6.45, 7) is 6.64. The summed E-state index contributed by atoms with van der Waals surface area (Å²) in [5, 5.41) is 0. The molecule has 0 aliphatic rings. The Bertz CT molecular complexity index is 1290. The van der Waals surface area contributed by atoms with E-state index < -0.39 is 15.9 Å². The molecule has 3 aromatic rings. The number of benzene rings is 2. The van der Waals surface area contributed by atoms with E-state index in [0.29, 0.717) is 30.0 Å². The van der Waals surface area contributed by atoms with E-state index in [4.69, 9.17) is 6.42 Å². The van der Waals surface area contributed by atoms with Crippen LogP contribution < -0.4 is 4.80 Å². The fourth-order valence-electron chi connectivity index (χ4n) is 3.26. The van der Waals surface area contributed by atoms with Crippen LogP contribution in [-0.4, -0.2) is 36.3 Å². The highest BCUT2D eigenvalue weighted by molar-refractivity contribution is 7.89. The van der Waals surface area contributed by atoms with Crippen molar-refractivity contribution in [3.8, 4) is 12.3 Å². The van der Waals surface area contributed by atoms with Gasteiger partial charge in [0.15, 0.2) is 4.80 Å². The number of nitrogens with zero attached hydrogens (tertiary/aromatic N) is 3. The maximum atomic E-state index is 12.8. The van der Waals surface area contributed by atoms with Crippen LogP contribution in [0.4, 0.5) is 0 Å². The lowest BCUT2D eigenvalue weighted by Gasteiger charge is -2.18. The second-order valence-corrected chi connectivity index (χ2v) is 9.57. The van der Waals surface area contributed by atoms with Crippen molar-refractivity contribution in [2.75, 3.05) is 13.1 Å². The van der Waals surface area contributed by atoms with Crippen molar-refractivity contribution in [3.05, 3.63) is 58.4 Å². The molecule has 1 aromatic heterocycles. The predicted octanol–water partition coefficient (Wildman–Crippen LogP) is 3.42. The SMILES string of the molecule is C#CCn1c(=NC(=O)c2ccc(S(=O)(=O)N(CC)CC)cc2)sc2cccc(C)c21. The number of aryl methyl sites for hydroxylation is 1. The second kappa shape index (κ2) is 8.96. The number of aromatic nitrogens is 1. The van der Waals surface area contributed by atoms with Crippen LogP contribution in [0.25, 0.3) is 10.2 Å². The minimum absolute atomic E-state index is 0.155. The van der Waals surface area contributed by atoms with Crippen molar-refractivity contribution >= 4 is 37.5 Å². The fourth-order valence-corrected chi connectivity index (χ4v) is 5.83. The van der Waals surface area contributed by atoms with Crippen molar-refractivity contribution in [2.24, 2.45) is 4.99 Å². The van der Waals surface area contributed by atoms with Crippen LogP contribution in [-0.2, 0) is 16.6 Å². The van der Waals surface area contributed by atoms with E-state index in [2.05, 4.69) is 10.9 Å². The summed E-state index contributed by atoms with van der Waals surface area (Å²) in [5.74, 6) is 2.17. The standard InChI is InChI=1S/C22H23N3O3S2/c1-5-15-25-20-16(4)9-8-10-19(20)29-22(25)23-21(26)17-11-13-18(14-12-17)30(27,28)24(6-2)7-3/h1,8-14H,6-7,15H2,2-4H3. The van der Waals surface area contributed by atoms with E-state index in [1.807, 2.05) is 29.7 Å². The van der Waals surface area contributed by atoms with Gasteiger partial charge in [-0.2, -0.15) is 9.30 Å². The third-order valence-corrected chi connectivity index (χ3v) is 7.90. The maximum absolute atomic E-state index is 12.8. The van der Waals surface area contributed by atoms with Crippen LogP contribution in [0.3, 0.4) is 0 Å². The number of hydrogen-bond acceptors (Lipinski definition) is 4. The molecular weight excluding hydrogens is 418 g/mol. The lowest BCUT2D eigenvalue weighted by atomic mass is 10.2. The Labute approximate surface area is 180 Å². The Morgan fingerprint density at radius 1 is 1.17 bits per heavy atom. The summed E-state index contributed by atoms with van der Waals surface area (Å²) in [4.78, 5) is 17.7. The summed E-state index contributed by atoms with van der Waals surface area (Å²) in [6.07, 6.45) is 5.52. The molecule has 156 valence electrons. The molecule has 0 N–H and O–H groups in total. The van der Waals surface area contributed by atoms with Gasteiger partial charge in [0.25, 0.3) is 5.91 Å². The summed E-state index contributed by atoms with van der Waals surface area (Å²) in [5.41, 5.74) is 2.33. The monoisotopic (exact) mass is 441 g/mol. The molecule has 0 aliphatic carbocycles. The topological polar surface area (TPSA) is 71.7 Å². The lowest BCUT2D eigenvalue weighted by molar-refractivity contribution is 0.0998. The third kappa shape index (κ3) is 4.10. The molecule has 0 spiro atoms. The fraction of sp³-hybridized carbons (Fsp3) is 0.273. The molecule has 0 unspecified atom stereocenters. The number of terminal acetylenes is 1. The zero-order valence-electron chi connectivity index (χ0n) is 17.1. The molecule has 0 radical (unpaired) electrons. The van der Waals surface area contributed by atoms with Gasteiger partial charge in [-0.25, -0.2) is 8.42 Å². The molecule has 0 aliphatic heterocycles. The first-order valence-corrected chi connectivity index (χ1v) is 11.8. The molecule has 3 rings (SSSR count). The van der Waals surface area contributed by atoms with Crippen LogP contribution >= 0.6 is 11.3 Å². The number of amides is 1. The molecule has 8 heteroatoms. The smallest absolute Gasteiger partial charge is 0.279 e. The first kappa shape index (κ1) is 22.0. The molecular formula is C22H23N3O3S2.